The topological polar surface area (TPSA) is 35.2 Å². The van der Waals surface area contributed by atoms with Gasteiger partial charge in [0.2, 0.25) is 0 Å². The Morgan fingerprint density at radius 3 is 2.32 bits per heavy atom. The highest BCUT2D eigenvalue weighted by atomic mass is 79.9. The molecule has 0 aromatic heterocycles. The Kier molecular flexibility index (Phi) is 5.02. The number of hydrogen-bond acceptors (Lipinski definition) is 2. The molecule has 0 saturated carbocycles. The number of aryl methyl sites for hydroxylation is 1. The standard InChI is InChI=1S/C15H15Br2NO/c1-10-2-5-13(17)8-14(10)19-15(9-18)11-3-6-12(16)7-4-11/h2-8,15H,9,18H2,1H3. The molecular formula is C15H15Br2NO. The SMILES string of the molecule is Cc1ccc(Br)cc1OC(CN)c1ccc(Br)cc1. The minimum Gasteiger partial charge on any atom is -0.484 e. The van der Waals surface area contributed by atoms with Crippen molar-refractivity contribution in [3.8, 4) is 5.75 Å². The summed E-state index contributed by atoms with van der Waals surface area (Å²) in [4.78, 5) is 0. The highest BCUT2D eigenvalue weighted by Gasteiger charge is 2.13. The summed E-state index contributed by atoms with van der Waals surface area (Å²) in [6.07, 6.45) is -0.138. The van der Waals surface area contributed by atoms with Gasteiger partial charge in [0.15, 0.2) is 0 Å². The molecule has 4 heteroatoms. The highest BCUT2D eigenvalue weighted by Crippen LogP contribution is 2.28. The zero-order chi connectivity index (χ0) is 13.8. The van der Waals surface area contributed by atoms with Crippen molar-refractivity contribution < 1.29 is 4.74 Å². The van der Waals surface area contributed by atoms with E-state index in [4.69, 9.17) is 10.5 Å². The van der Waals surface area contributed by atoms with Crippen LogP contribution in [-0.2, 0) is 0 Å². The van der Waals surface area contributed by atoms with E-state index in [1.165, 1.54) is 0 Å². The third-order valence-corrected chi connectivity index (χ3v) is 3.90. The molecule has 2 rings (SSSR count). The fourth-order valence-electron chi connectivity index (χ4n) is 1.78. The maximum Gasteiger partial charge on any atom is 0.136 e. The second-order valence-corrected chi connectivity index (χ2v) is 6.13. The molecule has 0 spiro atoms. The van der Waals surface area contributed by atoms with Crippen LogP contribution in [0.25, 0.3) is 0 Å². The van der Waals surface area contributed by atoms with Gasteiger partial charge in [0.1, 0.15) is 11.9 Å². The number of ether oxygens (including phenoxy) is 1. The molecule has 0 fully saturated rings. The molecule has 2 aromatic carbocycles. The molecule has 19 heavy (non-hydrogen) atoms. The summed E-state index contributed by atoms with van der Waals surface area (Å²) in [6, 6.07) is 14.0. The Morgan fingerprint density at radius 1 is 1.05 bits per heavy atom. The van der Waals surface area contributed by atoms with Gasteiger partial charge in [-0.25, -0.2) is 0 Å². The molecule has 2 nitrogen and oxygen atoms in total. The molecule has 0 radical (unpaired) electrons. The lowest BCUT2D eigenvalue weighted by Crippen LogP contribution is -2.18. The van der Waals surface area contributed by atoms with Crippen LogP contribution in [0, 0.1) is 6.92 Å². The lowest BCUT2D eigenvalue weighted by atomic mass is 10.1. The van der Waals surface area contributed by atoms with Crippen molar-refractivity contribution in [1.29, 1.82) is 0 Å². The van der Waals surface area contributed by atoms with Gasteiger partial charge in [-0.15, -0.1) is 0 Å². The van der Waals surface area contributed by atoms with Gasteiger partial charge >= 0.3 is 0 Å². The van der Waals surface area contributed by atoms with Gasteiger partial charge in [-0.05, 0) is 42.3 Å². The molecule has 0 aliphatic rings. The maximum absolute atomic E-state index is 6.03. The van der Waals surface area contributed by atoms with Crippen molar-refractivity contribution >= 4 is 31.9 Å². The quantitative estimate of drug-likeness (QED) is 0.835. The number of rotatable bonds is 4. The largest absolute Gasteiger partial charge is 0.484 e. The molecule has 0 amide bonds. The van der Waals surface area contributed by atoms with E-state index in [0.29, 0.717) is 6.54 Å². The fourth-order valence-corrected chi connectivity index (χ4v) is 2.39. The monoisotopic (exact) mass is 383 g/mol. The first-order valence-electron chi connectivity index (χ1n) is 5.98. The molecule has 1 unspecified atom stereocenters. The predicted molar refractivity (Wildman–Crippen MR) is 85.4 cm³/mol. The van der Waals surface area contributed by atoms with Crippen molar-refractivity contribution in [2.75, 3.05) is 6.54 Å². The van der Waals surface area contributed by atoms with Gasteiger partial charge < -0.3 is 10.5 Å². The van der Waals surface area contributed by atoms with Crippen LogP contribution in [0.15, 0.2) is 51.4 Å². The van der Waals surface area contributed by atoms with E-state index in [0.717, 1.165) is 25.8 Å². The van der Waals surface area contributed by atoms with Crippen LogP contribution >= 0.6 is 31.9 Å². The third-order valence-electron chi connectivity index (χ3n) is 2.88. The Labute approximate surface area is 130 Å². The van der Waals surface area contributed by atoms with Crippen molar-refractivity contribution in [1.82, 2.24) is 0 Å². The van der Waals surface area contributed by atoms with E-state index in [2.05, 4.69) is 31.9 Å². The number of benzene rings is 2. The molecule has 1 atom stereocenters. The summed E-state index contributed by atoms with van der Waals surface area (Å²) >= 11 is 6.88. The Morgan fingerprint density at radius 2 is 1.68 bits per heavy atom. The normalized spacial score (nSPS) is 12.2. The minimum atomic E-state index is -0.138. The van der Waals surface area contributed by atoms with Crippen LogP contribution in [0.2, 0.25) is 0 Å². The van der Waals surface area contributed by atoms with Gasteiger partial charge in [-0.1, -0.05) is 50.1 Å². The van der Waals surface area contributed by atoms with E-state index in [1.54, 1.807) is 0 Å². The second kappa shape index (κ2) is 6.55. The number of nitrogens with two attached hydrogens (primary N) is 1. The van der Waals surface area contributed by atoms with Crippen LogP contribution in [0.3, 0.4) is 0 Å². The lowest BCUT2D eigenvalue weighted by molar-refractivity contribution is 0.212. The molecule has 0 bridgehead atoms. The molecule has 0 aliphatic heterocycles. The zero-order valence-corrected chi connectivity index (χ0v) is 13.7. The molecule has 0 heterocycles. The average molecular weight is 385 g/mol. The fraction of sp³-hybridized carbons (Fsp3) is 0.200. The van der Waals surface area contributed by atoms with Crippen molar-refractivity contribution in [3.05, 3.63) is 62.5 Å². The first kappa shape index (κ1) is 14.6. The van der Waals surface area contributed by atoms with Crippen molar-refractivity contribution in [2.45, 2.75) is 13.0 Å². The van der Waals surface area contributed by atoms with Crippen LogP contribution in [-0.4, -0.2) is 6.54 Å². The minimum absolute atomic E-state index is 0.138. The first-order valence-corrected chi connectivity index (χ1v) is 7.57. The maximum atomic E-state index is 6.03. The van der Waals surface area contributed by atoms with E-state index < -0.39 is 0 Å². The van der Waals surface area contributed by atoms with E-state index in [9.17, 15) is 0 Å². The third kappa shape index (κ3) is 3.81. The van der Waals surface area contributed by atoms with E-state index >= 15 is 0 Å². The summed E-state index contributed by atoms with van der Waals surface area (Å²) in [7, 11) is 0. The molecule has 0 aliphatic carbocycles. The van der Waals surface area contributed by atoms with Crippen molar-refractivity contribution in [2.24, 2.45) is 5.73 Å². The molecule has 2 aromatic rings. The summed E-state index contributed by atoms with van der Waals surface area (Å²) in [5.41, 5.74) is 8.00. The smallest absolute Gasteiger partial charge is 0.136 e. The van der Waals surface area contributed by atoms with E-state index in [1.807, 2.05) is 49.4 Å². The number of hydrogen-bond donors (Lipinski definition) is 1. The van der Waals surface area contributed by atoms with Crippen molar-refractivity contribution in [3.63, 3.8) is 0 Å². The Hall–Kier alpha value is -0.840. The summed E-state index contributed by atoms with van der Waals surface area (Å²) in [6.45, 7) is 2.46. The predicted octanol–water partition coefficient (Wildman–Crippen LogP) is 4.60. The van der Waals surface area contributed by atoms with E-state index in [-0.39, 0.29) is 6.10 Å². The summed E-state index contributed by atoms with van der Waals surface area (Å²) < 4.78 is 8.08. The molecule has 100 valence electrons. The van der Waals surface area contributed by atoms with Crippen LogP contribution in [0.5, 0.6) is 5.75 Å². The number of halogens is 2. The first-order chi connectivity index (χ1) is 9.10. The zero-order valence-electron chi connectivity index (χ0n) is 10.6. The van der Waals surface area contributed by atoms with Crippen LogP contribution in [0.1, 0.15) is 17.2 Å². The van der Waals surface area contributed by atoms with Gasteiger partial charge in [0.05, 0.1) is 0 Å². The Balaban J connectivity index is 2.23. The highest BCUT2D eigenvalue weighted by molar-refractivity contribution is 9.10. The van der Waals surface area contributed by atoms with Gasteiger partial charge in [-0.2, -0.15) is 0 Å². The lowest BCUT2D eigenvalue weighted by Gasteiger charge is -2.19. The van der Waals surface area contributed by atoms with Gasteiger partial charge in [0.25, 0.3) is 0 Å². The molecular weight excluding hydrogens is 370 g/mol. The average Bonchev–Trinajstić information content (AvgIpc) is 2.41. The van der Waals surface area contributed by atoms with Crippen LogP contribution in [0.4, 0.5) is 0 Å². The summed E-state index contributed by atoms with van der Waals surface area (Å²) in [5.74, 6) is 0.854. The summed E-state index contributed by atoms with van der Waals surface area (Å²) in [5, 5.41) is 0. The van der Waals surface area contributed by atoms with Gasteiger partial charge in [-0.3, -0.25) is 0 Å². The second-order valence-electron chi connectivity index (χ2n) is 4.30. The Bertz CT molecular complexity index is 555. The van der Waals surface area contributed by atoms with Crippen LogP contribution < -0.4 is 10.5 Å². The molecule has 0 saturated heterocycles. The molecule has 2 N–H and O–H groups in total. The van der Waals surface area contributed by atoms with Gasteiger partial charge in [0, 0.05) is 15.5 Å².